The summed E-state index contributed by atoms with van der Waals surface area (Å²) in [6.45, 7) is 0. The highest BCUT2D eigenvalue weighted by Gasteiger charge is 2.13. The van der Waals surface area contributed by atoms with Gasteiger partial charge in [0.1, 0.15) is 0 Å². The van der Waals surface area contributed by atoms with Gasteiger partial charge < -0.3 is 16.8 Å². The van der Waals surface area contributed by atoms with Gasteiger partial charge >= 0.3 is 0 Å². The van der Waals surface area contributed by atoms with Crippen molar-refractivity contribution in [3.8, 4) is 0 Å². The van der Waals surface area contributed by atoms with E-state index in [4.69, 9.17) is 11.5 Å². The van der Waals surface area contributed by atoms with Gasteiger partial charge in [-0.25, -0.2) is 0 Å². The number of nitrogens with one attached hydrogen (secondary N) is 1. The summed E-state index contributed by atoms with van der Waals surface area (Å²) in [6.07, 6.45) is 0. The predicted molar refractivity (Wildman–Crippen MR) is 84.6 cm³/mol. The van der Waals surface area contributed by atoms with Crippen molar-refractivity contribution in [1.29, 1.82) is 0 Å². The summed E-state index contributed by atoms with van der Waals surface area (Å²) in [4.78, 5) is 13.1. The van der Waals surface area contributed by atoms with Crippen LogP contribution in [-0.2, 0) is 4.79 Å². The maximum Gasteiger partial charge on any atom is 0.242 e. The normalized spacial score (nSPS) is 11.8. The number of amides is 1. The lowest BCUT2D eigenvalue weighted by atomic mass is 10.2. The highest BCUT2D eigenvalue weighted by molar-refractivity contribution is 7.99. The minimum atomic E-state index is -0.568. The molecule has 2 rings (SSSR count). The van der Waals surface area contributed by atoms with E-state index in [1.54, 1.807) is 36.0 Å². The first-order chi connectivity index (χ1) is 9.65. The molecule has 0 aromatic heterocycles. The fraction of sp³-hybridized carbons (Fsp3) is 0.133. The number of anilines is 2. The van der Waals surface area contributed by atoms with Crippen molar-refractivity contribution in [2.24, 2.45) is 5.73 Å². The minimum Gasteiger partial charge on any atom is -0.399 e. The summed E-state index contributed by atoms with van der Waals surface area (Å²) in [5.41, 5.74) is 12.8. The average molecular weight is 287 g/mol. The van der Waals surface area contributed by atoms with Crippen molar-refractivity contribution in [2.45, 2.75) is 10.9 Å². The smallest absolute Gasteiger partial charge is 0.242 e. The lowest BCUT2D eigenvalue weighted by Crippen LogP contribution is -2.37. The molecule has 1 amide bonds. The number of nitrogen functional groups attached to an aromatic ring is 1. The molecule has 0 aliphatic heterocycles. The molecule has 4 nitrogen and oxygen atoms in total. The SMILES string of the molecule is Nc1cccc(NC(=O)[C@@H](N)CSc2ccccc2)c1. The maximum absolute atomic E-state index is 12.0. The van der Waals surface area contributed by atoms with Crippen LogP contribution in [0, 0.1) is 0 Å². The molecule has 0 aliphatic rings. The Morgan fingerprint density at radius 2 is 1.90 bits per heavy atom. The van der Waals surface area contributed by atoms with Crippen LogP contribution in [0.4, 0.5) is 11.4 Å². The maximum atomic E-state index is 12.0. The molecule has 0 heterocycles. The molecule has 0 fully saturated rings. The molecule has 0 spiro atoms. The number of hydrogen-bond donors (Lipinski definition) is 3. The van der Waals surface area contributed by atoms with Crippen LogP contribution in [0.2, 0.25) is 0 Å². The zero-order valence-electron chi connectivity index (χ0n) is 11.0. The van der Waals surface area contributed by atoms with Crippen LogP contribution in [0.3, 0.4) is 0 Å². The van der Waals surface area contributed by atoms with Gasteiger partial charge in [-0.2, -0.15) is 0 Å². The fourth-order valence-electron chi connectivity index (χ4n) is 1.63. The first-order valence-corrected chi connectivity index (χ1v) is 7.23. The van der Waals surface area contributed by atoms with Crippen molar-refractivity contribution in [2.75, 3.05) is 16.8 Å². The third-order valence-electron chi connectivity index (χ3n) is 2.66. The first kappa shape index (κ1) is 14.4. The Morgan fingerprint density at radius 3 is 2.60 bits per heavy atom. The van der Waals surface area contributed by atoms with Crippen LogP contribution in [0.15, 0.2) is 59.5 Å². The number of benzene rings is 2. The van der Waals surface area contributed by atoms with E-state index in [2.05, 4.69) is 5.32 Å². The highest BCUT2D eigenvalue weighted by atomic mass is 32.2. The van der Waals surface area contributed by atoms with Crippen LogP contribution in [0.25, 0.3) is 0 Å². The first-order valence-electron chi connectivity index (χ1n) is 6.25. The molecule has 0 bridgehead atoms. The van der Waals surface area contributed by atoms with Gasteiger partial charge in [0, 0.05) is 22.0 Å². The van der Waals surface area contributed by atoms with Crippen LogP contribution < -0.4 is 16.8 Å². The summed E-state index contributed by atoms with van der Waals surface area (Å²) >= 11 is 1.56. The Kier molecular flexibility index (Phi) is 5.03. The molecule has 5 heteroatoms. The minimum absolute atomic E-state index is 0.209. The van der Waals surface area contributed by atoms with E-state index in [1.165, 1.54) is 0 Å². The third-order valence-corrected chi connectivity index (χ3v) is 3.79. The van der Waals surface area contributed by atoms with E-state index in [1.807, 2.05) is 30.3 Å². The molecule has 0 aliphatic carbocycles. The Labute approximate surface area is 122 Å². The summed E-state index contributed by atoms with van der Waals surface area (Å²) in [5.74, 6) is 0.317. The second-order valence-electron chi connectivity index (χ2n) is 4.35. The number of carbonyl (C=O) groups is 1. The predicted octanol–water partition coefficient (Wildman–Crippen LogP) is 2.33. The van der Waals surface area contributed by atoms with E-state index in [9.17, 15) is 4.79 Å². The van der Waals surface area contributed by atoms with Gasteiger partial charge in [-0.3, -0.25) is 4.79 Å². The van der Waals surface area contributed by atoms with Crippen molar-refractivity contribution < 1.29 is 4.79 Å². The molecule has 0 saturated carbocycles. The Hall–Kier alpha value is -1.98. The molecule has 0 unspecified atom stereocenters. The van der Waals surface area contributed by atoms with E-state index in [-0.39, 0.29) is 5.91 Å². The summed E-state index contributed by atoms with van der Waals surface area (Å²) in [5, 5.41) is 2.76. The fourth-order valence-corrected chi connectivity index (χ4v) is 2.50. The van der Waals surface area contributed by atoms with Crippen molar-refractivity contribution >= 4 is 29.0 Å². The molecule has 5 N–H and O–H groups in total. The summed E-state index contributed by atoms with van der Waals surface area (Å²) in [6, 6.07) is 16.3. The van der Waals surface area contributed by atoms with Gasteiger partial charge in [0.2, 0.25) is 5.91 Å². The van der Waals surface area contributed by atoms with Gasteiger partial charge in [-0.1, -0.05) is 24.3 Å². The van der Waals surface area contributed by atoms with Crippen LogP contribution in [0.1, 0.15) is 0 Å². The topological polar surface area (TPSA) is 81.1 Å². The number of hydrogen-bond acceptors (Lipinski definition) is 4. The second kappa shape index (κ2) is 6.98. The Bertz CT molecular complexity index is 574. The Morgan fingerprint density at radius 1 is 1.15 bits per heavy atom. The molecule has 2 aromatic carbocycles. The molecule has 2 aromatic rings. The van der Waals surface area contributed by atoms with Crippen LogP contribution in [-0.4, -0.2) is 17.7 Å². The molecule has 20 heavy (non-hydrogen) atoms. The third kappa shape index (κ3) is 4.29. The van der Waals surface area contributed by atoms with Gasteiger partial charge in [-0.05, 0) is 30.3 Å². The molecular formula is C15H17N3OS. The molecular weight excluding hydrogens is 270 g/mol. The van der Waals surface area contributed by atoms with E-state index in [0.717, 1.165) is 4.90 Å². The standard InChI is InChI=1S/C15H17N3OS/c16-11-5-4-6-12(9-11)18-15(19)14(17)10-20-13-7-2-1-3-8-13/h1-9,14H,10,16-17H2,(H,18,19)/t14-/m0/s1. The summed E-state index contributed by atoms with van der Waals surface area (Å²) in [7, 11) is 0. The molecule has 104 valence electrons. The zero-order chi connectivity index (χ0) is 14.4. The highest BCUT2D eigenvalue weighted by Crippen LogP contribution is 2.18. The van der Waals surface area contributed by atoms with E-state index < -0.39 is 6.04 Å². The number of nitrogens with two attached hydrogens (primary N) is 2. The molecule has 0 radical (unpaired) electrons. The summed E-state index contributed by atoms with van der Waals surface area (Å²) < 4.78 is 0. The number of carbonyl (C=O) groups excluding carboxylic acids is 1. The van der Waals surface area contributed by atoms with E-state index in [0.29, 0.717) is 17.1 Å². The van der Waals surface area contributed by atoms with Crippen molar-refractivity contribution in [3.05, 3.63) is 54.6 Å². The van der Waals surface area contributed by atoms with E-state index >= 15 is 0 Å². The molecule has 1 atom stereocenters. The van der Waals surface area contributed by atoms with Gasteiger partial charge in [-0.15, -0.1) is 11.8 Å². The lowest BCUT2D eigenvalue weighted by molar-refractivity contribution is -0.116. The van der Waals surface area contributed by atoms with Gasteiger partial charge in [0.25, 0.3) is 0 Å². The zero-order valence-corrected chi connectivity index (χ0v) is 11.8. The van der Waals surface area contributed by atoms with Crippen LogP contribution in [0.5, 0.6) is 0 Å². The van der Waals surface area contributed by atoms with Crippen molar-refractivity contribution in [3.63, 3.8) is 0 Å². The lowest BCUT2D eigenvalue weighted by Gasteiger charge is -2.12. The van der Waals surface area contributed by atoms with Gasteiger partial charge in [0.15, 0.2) is 0 Å². The number of thioether (sulfide) groups is 1. The monoisotopic (exact) mass is 287 g/mol. The Balaban J connectivity index is 1.86. The molecule has 0 saturated heterocycles. The van der Waals surface area contributed by atoms with Crippen molar-refractivity contribution in [1.82, 2.24) is 0 Å². The van der Waals surface area contributed by atoms with Crippen LogP contribution >= 0.6 is 11.8 Å². The second-order valence-corrected chi connectivity index (χ2v) is 5.44. The quantitative estimate of drug-likeness (QED) is 0.582. The van der Waals surface area contributed by atoms with Gasteiger partial charge in [0.05, 0.1) is 6.04 Å². The number of rotatable bonds is 5. The average Bonchev–Trinajstić information content (AvgIpc) is 2.46. The largest absolute Gasteiger partial charge is 0.399 e.